The fourth-order valence-electron chi connectivity index (χ4n) is 1.97. The standard InChI is InChI=1S/C18H29NO3.ClH/c1-4-6-12-21-13-7-10-19-15-16-8-9-17(22-11-5-2)18(14-16)20-3;/h5,8-9,14,19H,2,4,6-7,10-13,15H2,1,3H3;1H. The molecule has 4 nitrogen and oxygen atoms in total. The maximum atomic E-state index is 5.54. The molecule has 132 valence electrons. The van der Waals surface area contributed by atoms with Gasteiger partial charge in [-0.3, -0.25) is 0 Å². The Labute approximate surface area is 146 Å². The van der Waals surface area contributed by atoms with Gasteiger partial charge in [-0.15, -0.1) is 12.4 Å². The van der Waals surface area contributed by atoms with E-state index in [4.69, 9.17) is 14.2 Å². The highest BCUT2D eigenvalue weighted by Gasteiger charge is 2.05. The van der Waals surface area contributed by atoms with Crippen molar-refractivity contribution in [3.05, 3.63) is 36.4 Å². The summed E-state index contributed by atoms with van der Waals surface area (Å²) >= 11 is 0. The number of unbranched alkanes of at least 4 members (excludes halogenated alkanes) is 1. The van der Waals surface area contributed by atoms with Crippen molar-refractivity contribution in [2.45, 2.75) is 32.7 Å². The van der Waals surface area contributed by atoms with Crippen molar-refractivity contribution < 1.29 is 14.2 Å². The molecule has 0 saturated carbocycles. The van der Waals surface area contributed by atoms with Crippen LogP contribution in [0.25, 0.3) is 0 Å². The van der Waals surface area contributed by atoms with Crippen molar-refractivity contribution >= 4 is 12.4 Å². The summed E-state index contributed by atoms with van der Waals surface area (Å²) in [6, 6.07) is 5.99. The Kier molecular flexibility index (Phi) is 13.6. The van der Waals surface area contributed by atoms with Gasteiger partial charge in [0.05, 0.1) is 7.11 Å². The van der Waals surface area contributed by atoms with Crippen LogP contribution in [-0.2, 0) is 11.3 Å². The van der Waals surface area contributed by atoms with Gasteiger partial charge in [-0.1, -0.05) is 32.1 Å². The molecule has 0 aliphatic carbocycles. The van der Waals surface area contributed by atoms with E-state index in [1.54, 1.807) is 13.2 Å². The zero-order valence-corrected chi connectivity index (χ0v) is 15.1. The fourth-order valence-corrected chi connectivity index (χ4v) is 1.97. The van der Waals surface area contributed by atoms with E-state index in [1.807, 2.05) is 18.2 Å². The Bertz CT molecular complexity index is 427. The van der Waals surface area contributed by atoms with Crippen molar-refractivity contribution in [3.63, 3.8) is 0 Å². The predicted molar refractivity (Wildman–Crippen MR) is 98.0 cm³/mol. The van der Waals surface area contributed by atoms with Crippen LogP contribution in [0.15, 0.2) is 30.9 Å². The Hall–Kier alpha value is -1.23. The van der Waals surface area contributed by atoms with Gasteiger partial charge in [-0.25, -0.2) is 0 Å². The Morgan fingerprint density at radius 3 is 2.65 bits per heavy atom. The first-order valence-corrected chi connectivity index (χ1v) is 8.00. The molecule has 1 aromatic rings. The van der Waals surface area contributed by atoms with Crippen molar-refractivity contribution in [2.24, 2.45) is 0 Å². The Morgan fingerprint density at radius 2 is 1.96 bits per heavy atom. The summed E-state index contributed by atoms with van der Waals surface area (Å²) in [5.41, 5.74) is 1.18. The minimum atomic E-state index is 0. The lowest BCUT2D eigenvalue weighted by atomic mass is 10.2. The lowest BCUT2D eigenvalue weighted by Gasteiger charge is -2.11. The highest BCUT2D eigenvalue weighted by atomic mass is 35.5. The minimum absolute atomic E-state index is 0. The highest BCUT2D eigenvalue weighted by Crippen LogP contribution is 2.27. The van der Waals surface area contributed by atoms with Crippen LogP contribution in [0.2, 0.25) is 0 Å². The van der Waals surface area contributed by atoms with Crippen LogP contribution >= 0.6 is 12.4 Å². The smallest absolute Gasteiger partial charge is 0.161 e. The first-order chi connectivity index (χ1) is 10.8. The van der Waals surface area contributed by atoms with E-state index in [2.05, 4.69) is 18.8 Å². The van der Waals surface area contributed by atoms with E-state index in [-0.39, 0.29) is 12.4 Å². The molecule has 5 heteroatoms. The van der Waals surface area contributed by atoms with Gasteiger partial charge in [-0.05, 0) is 37.1 Å². The molecular weight excluding hydrogens is 314 g/mol. The van der Waals surface area contributed by atoms with E-state index in [9.17, 15) is 0 Å². The molecule has 0 unspecified atom stereocenters. The number of nitrogens with one attached hydrogen (secondary N) is 1. The molecular formula is C18H30ClNO3. The number of hydrogen-bond donors (Lipinski definition) is 1. The quantitative estimate of drug-likeness (QED) is 0.434. The SMILES string of the molecule is C=CCOc1ccc(CNCCCOCCCC)cc1OC.Cl. The number of hydrogen-bond acceptors (Lipinski definition) is 4. The zero-order chi connectivity index (χ0) is 16.0. The van der Waals surface area contributed by atoms with Crippen molar-refractivity contribution in [1.82, 2.24) is 5.32 Å². The second-order valence-corrected chi connectivity index (χ2v) is 5.08. The second kappa shape index (κ2) is 14.4. The van der Waals surface area contributed by atoms with Crippen LogP contribution in [0, 0.1) is 0 Å². The first kappa shape index (κ1) is 21.8. The van der Waals surface area contributed by atoms with Crippen LogP contribution in [0.5, 0.6) is 11.5 Å². The fraction of sp³-hybridized carbons (Fsp3) is 0.556. The molecule has 0 amide bonds. The Balaban J connectivity index is 0.00000484. The predicted octanol–water partition coefficient (Wildman–Crippen LogP) is 3.98. The van der Waals surface area contributed by atoms with Gasteiger partial charge in [0.15, 0.2) is 11.5 Å². The third-order valence-electron chi connectivity index (χ3n) is 3.20. The van der Waals surface area contributed by atoms with Gasteiger partial charge in [0.2, 0.25) is 0 Å². The van der Waals surface area contributed by atoms with E-state index >= 15 is 0 Å². The molecule has 0 aliphatic heterocycles. The summed E-state index contributed by atoms with van der Waals surface area (Å²) < 4.78 is 16.4. The van der Waals surface area contributed by atoms with Gasteiger partial charge >= 0.3 is 0 Å². The van der Waals surface area contributed by atoms with Gasteiger partial charge in [-0.2, -0.15) is 0 Å². The van der Waals surface area contributed by atoms with Crippen molar-refractivity contribution in [2.75, 3.05) is 33.5 Å². The van der Waals surface area contributed by atoms with Crippen LogP contribution in [0.1, 0.15) is 31.7 Å². The maximum absolute atomic E-state index is 5.54. The first-order valence-electron chi connectivity index (χ1n) is 8.00. The Morgan fingerprint density at radius 1 is 1.17 bits per heavy atom. The number of ether oxygens (including phenoxy) is 3. The molecule has 0 aliphatic rings. The minimum Gasteiger partial charge on any atom is -0.493 e. The number of rotatable bonds is 13. The molecule has 0 heterocycles. The normalized spacial score (nSPS) is 10.0. The monoisotopic (exact) mass is 343 g/mol. The van der Waals surface area contributed by atoms with Crippen molar-refractivity contribution in [3.8, 4) is 11.5 Å². The molecule has 0 fully saturated rings. The third-order valence-corrected chi connectivity index (χ3v) is 3.20. The molecule has 23 heavy (non-hydrogen) atoms. The molecule has 0 saturated heterocycles. The van der Waals surface area contributed by atoms with Gasteiger partial charge in [0.25, 0.3) is 0 Å². The third kappa shape index (κ3) is 9.49. The summed E-state index contributed by atoms with van der Waals surface area (Å²) in [6.45, 7) is 9.75. The molecule has 0 atom stereocenters. The summed E-state index contributed by atoms with van der Waals surface area (Å²) in [5.74, 6) is 1.50. The van der Waals surface area contributed by atoms with E-state index in [1.165, 1.54) is 12.0 Å². The van der Waals surface area contributed by atoms with Crippen molar-refractivity contribution in [1.29, 1.82) is 0 Å². The summed E-state index contributed by atoms with van der Waals surface area (Å²) in [5, 5.41) is 3.41. The number of benzene rings is 1. The van der Waals surface area contributed by atoms with Crippen LogP contribution in [0.4, 0.5) is 0 Å². The second-order valence-electron chi connectivity index (χ2n) is 5.08. The van der Waals surface area contributed by atoms with Gasteiger partial charge < -0.3 is 19.5 Å². The zero-order valence-electron chi connectivity index (χ0n) is 14.3. The summed E-state index contributed by atoms with van der Waals surface area (Å²) in [7, 11) is 1.65. The molecule has 0 radical (unpaired) electrons. The average Bonchev–Trinajstić information content (AvgIpc) is 2.55. The summed E-state index contributed by atoms with van der Waals surface area (Å²) in [6.07, 6.45) is 5.08. The van der Waals surface area contributed by atoms with E-state index in [0.717, 1.165) is 50.6 Å². The van der Waals surface area contributed by atoms with E-state index < -0.39 is 0 Å². The van der Waals surface area contributed by atoms with Gasteiger partial charge in [0.1, 0.15) is 6.61 Å². The lowest BCUT2D eigenvalue weighted by molar-refractivity contribution is 0.129. The van der Waals surface area contributed by atoms with Gasteiger partial charge in [0, 0.05) is 19.8 Å². The number of methoxy groups -OCH3 is 1. The summed E-state index contributed by atoms with van der Waals surface area (Å²) in [4.78, 5) is 0. The molecule has 1 aromatic carbocycles. The van der Waals surface area contributed by atoms with Crippen LogP contribution < -0.4 is 14.8 Å². The largest absolute Gasteiger partial charge is 0.493 e. The lowest BCUT2D eigenvalue weighted by Crippen LogP contribution is -2.16. The molecule has 0 aromatic heterocycles. The topological polar surface area (TPSA) is 39.7 Å². The molecule has 0 bridgehead atoms. The average molecular weight is 344 g/mol. The number of halogens is 1. The molecule has 1 N–H and O–H groups in total. The van der Waals surface area contributed by atoms with E-state index in [0.29, 0.717) is 6.61 Å². The van der Waals surface area contributed by atoms with Crippen LogP contribution in [-0.4, -0.2) is 33.5 Å². The molecule has 1 rings (SSSR count). The van der Waals surface area contributed by atoms with Crippen LogP contribution in [0.3, 0.4) is 0 Å². The highest BCUT2D eigenvalue weighted by molar-refractivity contribution is 5.85. The maximum Gasteiger partial charge on any atom is 0.161 e. The molecule has 0 spiro atoms.